The zero-order chi connectivity index (χ0) is 10.8. The Balaban J connectivity index is 2.47. The standard InChI is InChI=1S/C9H10N4O2/c1-2-15-9(14)6-5-8-11-4-3-7(10)13(8)12-6/h3-5H,2,10H2,1H3. The molecule has 0 aliphatic carbocycles. The highest BCUT2D eigenvalue weighted by Gasteiger charge is 2.12. The number of esters is 1. The Morgan fingerprint density at radius 3 is 3.13 bits per heavy atom. The lowest BCUT2D eigenvalue weighted by Gasteiger charge is -1.96. The number of ether oxygens (including phenoxy) is 1. The van der Waals surface area contributed by atoms with Gasteiger partial charge >= 0.3 is 5.97 Å². The third-order valence-electron chi connectivity index (χ3n) is 1.87. The fraction of sp³-hybridized carbons (Fsp3) is 0.222. The highest BCUT2D eigenvalue weighted by molar-refractivity contribution is 5.88. The van der Waals surface area contributed by atoms with Crippen LogP contribution in [0.25, 0.3) is 5.65 Å². The van der Waals surface area contributed by atoms with Crippen LogP contribution < -0.4 is 5.73 Å². The van der Waals surface area contributed by atoms with E-state index in [0.29, 0.717) is 18.1 Å². The summed E-state index contributed by atoms with van der Waals surface area (Å²) in [5.74, 6) is -0.0436. The molecule has 0 saturated heterocycles. The summed E-state index contributed by atoms with van der Waals surface area (Å²) in [5, 5.41) is 3.99. The summed E-state index contributed by atoms with van der Waals surface area (Å²) in [6.07, 6.45) is 1.56. The molecule has 0 bridgehead atoms. The molecule has 15 heavy (non-hydrogen) atoms. The van der Waals surface area contributed by atoms with Gasteiger partial charge in [-0.1, -0.05) is 0 Å². The number of rotatable bonds is 2. The number of hydrogen-bond donors (Lipinski definition) is 1. The van der Waals surface area contributed by atoms with Crippen molar-refractivity contribution in [3.05, 3.63) is 24.0 Å². The van der Waals surface area contributed by atoms with Crippen LogP contribution in [0.15, 0.2) is 18.3 Å². The summed E-state index contributed by atoms with van der Waals surface area (Å²) in [6.45, 7) is 2.05. The first-order valence-corrected chi connectivity index (χ1v) is 4.49. The molecule has 0 saturated carbocycles. The number of nitrogens with zero attached hydrogens (tertiary/aromatic N) is 3. The van der Waals surface area contributed by atoms with E-state index in [1.54, 1.807) is 19.2 Å². The van der Waals surface area contributed by atoms with Crippen LogP contribution in [0, 0.1) is 0 Å². The Kier molecular flexibility index (Phi) is 2.24. The molecule has 0 aromatic carbocycles. The molecular formula is C9H10N4O2. The van der Waals surface area contributed by atoms with Crippen molar-refractivity contribution in [1.82, 2.24) is 14.6 Å². The van der Waals surface area contributed by atoms with Crippen LogP contribution in [-0.2, 0) is 4.74 Å². The highest BCUT2D eigenvalue weighted by Crippen LogP contribution is 2.08. The van der Waals surface area contributed by atoms with Gasteiger partial charge in [-0.05, 0) is 13.0 Å². The fourth-order valence-electron chi connectivity index (χ4n) is 1.22. The van der Waals surface area contributed by atoms with Crippen molar-refractivity contribution in [2.24, 2.45) is 0 Å². The summed E-state index contributed by atoms with van der Waals surface area (Å²) >= 11 is 0. The van der Waals surface area contributed by atoms with Crippen molar-refractivity contribution < 1.29 is 9.53 Å². The molecule has 0 aliphatic rings. The van der Waals surface area contributed by atoms with E-state index in [9.17, 15) is 4.79 Å². The highest BCUT2D eigenvalue weighted by atomic mass is 16.5. The van der Waals surface area contributed by atoms with Crippen molar-refractivity contribution in [2.75, 3.05) is 12.3 Å². The molecule has 2 aromatic heterocycles. The number of hydrogen-bond acceptors (Lipinski definition) is 5. The Bertz CT molecular complexity index is 506. The largest absolute Gasteiger partial charge is 0.461 e. The predicted molar refractivity (Wildman–Crippen MR) is 53.4 cm³/mol. The normalized spacial score (nSPS) is 10.5. The zero-order valence-electron chi connectivity index (χ0n) is 8.17. The quantitative estimate of drug-likeness (QED) is 0.723. The monoisotopic (exact) mass is 206 g/mol. The Morgan fingerprint density at radius 2 is 2.47 bits per heavy atom. The smallest absolute Gasteiger partial charge is 0.358 e. The van der Waals surface area contributed by atoms with Gasteiger partial charge in [0, 0.05) is 12.3 Å². The van der Waals surface area contributed by atoms with E-state index in [1.165, 1.54) is 10.6 Å². The van der Waals surface area contributed by atoms with Crippen molar-refractivity contribution >= 4 is 17.4 Å². The Morgan fingerprint density at radius 1 is 1.67 bits per heavy atom. The molecule has 0 unspecified atom stereocenters. The number of nitrogen functional groups attached to an aromatic ring is 1. The molecule has 0 aliphatic heterocycles. The second kappa shape index (κ2) is 3.56. The van der Waals surface area contributed by atoms with Crippen LogP contribution in [0.2, 0.25) is 0 Å². The maximum Gasteiger partial charge on any atom is 0.358 e. The van der Waals surface area contributed by atoms with E-state index in [2.05, 4.69) is 10.1 Å². The molecule has 0 fully saturated rings. The topological polar surface area (TPSA) is 82.5 Å². The van der Waals surface area contributed by atoms with Crippen LogP contribution in [0.4, 0.5) is 5.82 Å². The first-order chi connectivity index (χ1) is 7.22. The van der Waals surface area contributed by atoms with E-state index < -0.39 is 5.97 Å². The van der Waals surface area contributed by atoms with Gasteiger partial charge < -0.3 is 10.5 Å². The summed E-state index contributed by atoms with van der Waals surface area (Å²) in [7, 11) is 0. The third-order valence-corrected chi connectivity index (χ3v) is 1.87. The molecular weight excluding hydrogens is 196 g/mol. The maximum absolute atomic E-state index is 11.4. The van der Waals surface area contributed by atoms with Crippen molar-refractivity contribution in [3.8, 4) is 0 Å². The minimum Gasteiger partial charge on any atom is -0.461 e. The fourth-order valence-corrected chi connectivity index (χ4v) is 1.22. The molecule has 2 aromatic rings. The second-order valence-electron chi connectivity index (χ2n) is 2.89. The summed E-state index contributed by atoms with van der Waals surface area (Å²) in [4.78, 5) is 15.4. The summed E-state index contributed by atoms with van der Waals surface area (Å²) in [6, 6.07) is 3.14. The first kappa shape index (κ1) is 9.45. The van der Waals surface area contributed by atoms with Crippen molar-refractivity contribution in [1.29, 1.82) is 0 Å². The molecule has 6 heteroatoms. The molecule has 0 spiro atoms. The predicted octanol–water partition coefficient (Wildman–Crippen LogP) is 0.488. The molecule has 0 atom stereocenters. The van der Waals surface area contributed by atoms with Gasteiger partial charge in [0.1, 0.15) is 5.82 Å². The minimum absolute atomic E-state index is 0.210. The Hall–Kier alpha value is -2.11. The molecule has 0 amide bonds. The van der Waals surface area contributed by atoms with Crippen LogP contribution in [0.5, 0.6) is 0 Å². The van der Waals surface area contributed by atoms with E-state index in [0.717, 1.165) is 0 Å². The number of nitrogens with two attached hydrogens (primary N) is 1. The van der Waals surface area contributed by atoms with Gasteiger partial charge in [0.2, 0.25) is 0 Å². The first-order valence-electron chi connectivity index (χ1n) is 4.49. The van der Waals surface area contributed by atoms with Crippen molar-refractivity contribution in [3.63, 3.8) is 0 Å². The number of carbonyl (C=O) groups excluding carboxylic acids is 1. The van der Waals surface area contributed by atoms with Crippen LogP contribution in [0.3, 0.4) is 0 Å². The SMILES string of the molecule is CCOC(=O)c1cc2nccc(N)n2n1. The van der Waals surface area contributed by atoms with E-state index in [1.807, 2.05) is 0 Å². The van der Waals surface area contributed by atoms with E-state index >= 15 is 0 Å². The van der Waals surface area contributed by atoms with Gasteiger partial charge in [-0.15, -0.1) is 0 Å². The lowest BCUT2D eigenvalue weighted by atomic mass is 10.4. The number of aromatic nitrogens is 3. The molecule has 2 heterocycles. The average Bonchev–Trinajstić information content (AvgIpc) is 2.63. The summed E-state index contributed by atoms with van der Waals surface area (Å²) in [5.41, 5.74) is 6.39. The van der Waals surface area contributed by atoms with E-state index in [4.69, 9.17) is 10.5 Å². The molecule has 2 rings (SSSR count). The summed E-state index contributed by atoms with van der Waals surface area (Å²) < 4.78 is 6.21. The number of anilines is 1. The second-order valence-corrected chi connectivity index (χ2v) is 2.89. The van der Waals surface area contributed by atoms with Crippen LogP contribution in [-0.4, -0.2) is 27.2 Å². The van der Waals surface area contributed by atoms with Gasteiger partial charge in [0.15, 0.2) is 11.3 Å². The zero-order valence-corrected chi connectivity index (χ0v) is 8.17. The van der Waals surface area contributed by atoms with Crippen LogP contribution in [0.1, 0.15) is 17.4 Å². The lowest BCUT2D eigenvalue weighted by molar-refractivity contribution is 0.0519. The van der Waals surface area contributed by atoms with Gasteiger partial charge in [-0.3, -0.25) is 0 Å². The van der Waals surface area contributed by atoms with Gasteiger partial charge in [-0.25, -0.2) is 9.78 Å². The van der Waals surface area contributed by atoms with E-state index in [-0.39, 0.29) is 5.69 Å². The minimum atomic E-state index is -0.470. The number of fused-ring (bicyclic) bond motifs is 1. The maximum atomic E-state index is 11.4. The van der Waals surface area contributed by atoms with Gasteiger partial charge in [0.25, 0.3) is 0 Å². The van der Waals surface area contributed by atoms with Crippen molar-refractivity contribution in [2.45, 2.75) is 6.92 Å². The Labute approximate surface area is 85.7 Å². The third kappa shape index (κ3) is 1.61. The van der Waals surface area contributed by atoms with Crippen LogP contribution >= 0.6 is 0 Å². The van der Waals surface area contributed by atoms with Gasteiger partial charge in [-0.2, -0.15) is 9.61 Å². The van der Waals surface area contributed by atoms with Gasteiger partial charge in [0.05, 0.1) is 6.61 Å². The lowest BCUT2D eigenvalue weighted by Crippen LogP contribution is -2.06. The molecule has 78 valence electrons. The molecule has 0 radical (unpaired) electrons. The molecule has 2 N–H and O–H groups in total. The molecule has 6 nitrogen and oxygen atoms in total. The average molecular weight is 206 g/mol. The number of carbonyl (C=O) groups is 1.